The zero-order valence-corrected chi connectivity index (χ0v) is 22.6. The van der Waals surface area contributed by atoms with Crippen LogP contribution in [-0.2, 0) is 14.8 Å². The normalized spacial score (nSPS) is 11.3. The van der Waals surface area contributed by atoms with Crippen LogP contribution in [0, 0.1) is 6.92 Å². The standard InChI is InChI=1S/C28H25N5O4S2/c1-19-18-24(32-37-19)33-39(35,36)23-14-12-22(13-15-23)29-25(34)16-17-38-28-30-26(20-8-4-2-5-9-20)27(31-28)21-10-6-3-7-11-21/h2-15,18H,16-17H2,1H3,(H,29,34)(H,30,31)(H,32,33). The van der Waals surface area contributed by atoms with Gasteiger partial charge in [-0.25, -0.2) is 13.4 Å². The predicted octanol–water partition coefficient (Wildman–Crippen LogP) is 5.96. The highest BCUT2D eigenvalue weighted by Gasteiger charge is 2.17. The van der Waals surface area contributed by atoms with Gasteiger partial charge in [-0.1, -0.05) is 77.6 Å². The van der Waals surface area contributed by atoms with E-state index in [4.69, 9.17) is 9.51 Å². The number of anilines is 2. The Morgan fingerprint density at radius 2 is 1.62 bits per heavy atom. The number of amides is 1. The summed E-state index contributed by atoms with van der Waals surface area (Å²) in [5.41, 5.74) is 4.32. The number of rotatable bonds is 10. The fourth-order valence-electron chi connectivity index (χ4n) is 3.83. The van der Waals surface area contributed by atoms with Crippen LogP contribution < -0.4 is 10.0 Å². The van der Waals surface area contributed by atoms with E-state index in [0.717, 1.165) is 27.7 Å². The maximum absolute atomic E-state index is 12.5. The molecule has 0 fully saturated rings. The summed E-state index contributed by atoms with van der Waals surface area (Å²) in [6, 6.07) is 27.4. The first-order chi connectivity index (χ1) is 18.9. The molecule has 39 heavy (non-hydrogen) atoms. The fraction of sp³-hybridized carbons (Fsp3) is 0.107. The maximum atomic E-state index is 12.5. The molecule has 0 atom stereocenters. The molecule has 0 aliphatic rings. The smallest absolute Gasteiger partial charge is 0.263 e. The van der Waals surface area contributed by atoms with Gasteiger partial charge in [0.25, 0.3) is 10.0 Å². The van der Waals surface area contributed by atoms with Crippen LogP contribution >= 0.6 is 11.8 Å². The highest BCUT2D eigenvalue weighted by atomic mass is 32.2. The zero-order valence-electron chi connectivity index (χ0n) is 20.9. The van der Waals surface area contributed by atoms with Crippen LogP contribution in [0.15, 0.2) is 106 Å². The van der Waals surface area contributed by atoms with Crippen LogP contribution in [0.5, 0.6) is 0 Å². The molecular weight excluding hydrogens is 534 g/mol. The molecule has 198 valence electrons. The molecule has 5 aromatic rings. The quantitative estimate of drug-likeness (QED) is 0.180. The Morgan fingerprint density at radius 1 is 0.949 bits per heavy atom. The molecule has 0 radical (unpaired) electrons. The van der Waals surface area contributed by atoms with Gasteiger partial charge in [0.15, 0.2) is 11.0 Å². The molecular formula is C28H25N5O4S2. The number of aromatic amines is 1. The van der Waals surface area contributed by atoms with E-state index in [-0.39, 0.29) is 23.0 Å². The summed E-state index contributed by atoms with van der Waals surface area (Å²) in [6.45, 7) is 1.67. The molecule has 11 heteroatoms. The molecule has 0 aliphatic heterocycles. The predicted molar refractivity (Wildman–Crippen MR) is 152 cm³/mol. The van der Waals surface area contributed by atoms with E-state index in [2.05, 4.69) is 20.2 Å². The topological polar surface area (TPSA) is 130 Å². The number of nitrogens with one attached hydrogen (secondary N) is 3. The number of aromatic nitrogens is 3. The van der Waals surface area contributed by atoms with Gasteiger partial charge in [-0.15, -0.1) is 0 Å². The van der Waals surface area contributed by atoms with Crippen molar-refractivity contribution in [1.29, 1.82) is 0 Å². The van der Waals surface area contributed by atoms with Crippen molar-refractivity contribution in [2.45, 2.75) is 23.4 Å². The lowest BCUT2D eigenvalue weighted by Crippen LogP contribution is -2.14. The summed E-state index contributed by atoms with van der Waals surface area (Å²) in [5.74, 6) is 0.914. The van der Waals surface area contributed by atoms with Crippen LogP contribution in [-0.4, -0.2) is 35.2 Å². The van der Waals surface area contributed by atoms with Crippen molar-refractivity contribution in [2.24, 2.45) is 0 Å². The van der Waals surface area contributed by atoms with Gasteiger partial charge in [0.05, 0.1) is 16.3 Å². The zero-order chi connectivity index (χ0) is 27.2. The molecule has 5 rings (SSSR count). The number of nitrogens with zero attached hydrogens (tertiary/aromatic N) is 2. The second kappa shape index (κ2) is 11.6. The summed E-state index contributed by atoms with van der Waals surface area (Å²) < 4.78 is 32.3. The summed E-state index contributed by atoms with van der Waals surface area (Å²) in [4.78, 5) is 20.8. The maximum Gasteiger partial charge on any atom is 0.263 e. The van der Waals surface area contributed by atoms with Gasteiger partial charge in [0, 0.05) is 35.1 Å². The highest BCUT2D eigenvalue weighted by Crippen LogP contribution is 2.32. The van der Waals surface area contributed by atoms with Crippen molar-refractivity contribution < 1.29 is 17.7 Å². The lowest BCUT2D eigenvalue weighted by molar-refractivity contribution is -0.115. The van der Waals surface area contributed by atoms with Crippen LogP contribution in [0.3, 0.4) is 0 Å². The molecule has 0 aliphatic carbocycles. The van der Waals surface area contributed by atoms with Gasteiger partial charge >= 0.3 is 0 Å². The van der Waals surface area contributed by atoms with Gasteiger partial charge in [-0.3, -0.25) is 9.52 Å². The number of benzene rings is 3. The van der Waals surface area contributed by atoms with Crippen molar-refractivity contribution >= 4 is 39.2 Å². The number of H-pyrrole nitrogens is 1. The van der Waals surface area contributed by atoms with E-state index in [0.29, 0.717) is 17.2 Å². The first-order valence-corrected chi connectivity index (χ1v) is 14.5. The largest absolute Gasteiger partial charge is 0.360 e. The third-order valence-electron chi connectivity index (χ3n) is 5.67. The molecule has 1 amide bonds. The minimum absolute atomic E-state index is 0.0398. The van der Waals surface area contributed by atoms with Gasteiger partial charge in [-0.2, -0.15) is 0 Å². The molecule has 2 aromatic heterocycles. The number of hydrogen-bond donors (Lipinski definition) is 3. The SMILES string of the molecule is Cc1cc(NS(=O)(=O)c2ccc(NC(=O)CCSc3nc(-c4ccccc4)c(-c4ccccc4)[nH]3)cc2)no1. The van der Waals surface area contributed by atoms with Gasteiger partial charge < -0.3 is 14.8 Å². The van der Waals surface area contributed by atoms with E-state index in [9.17, 15) is 13.2 Å². The summed E-state index contributed by atoms with van der Waals surface area (Å²) >= 11 is 1.46. The van der Waals surface area contributed by atoms with E-state index >= 15 is 0 Å². The van der Waals surface area contributed by atoms with E-state index in [1.54, 1.807) is 19.1 Å². The Kier molecular flexibility index (Phi) is 7.80. The Morgan fingerprint density at radius 3 is 2.26 bits per heavy atom. The molecule has 0 bridgehead atoms. The van der Waals surface area contributed by atoms with Crippen molar-refractivity contribution in [3.8, 4) is 22.5 Å². The molecule has 0 unspecified atom stereocenters. The van der Waals surface area contributed by atoms with E-state index in [1.807, 2.05) is 60.7 Å². The number of carbonyl (C=O) groups excluding carboxylic acids is 1. The van der Waals surface area contributed by atoms with Crippen molar-refractivity contribution in [1.82, 2.24) is 15.1 Å². The van der Waals surface area contributed by atoms with Gasteiger partial charge in [0.1, 0.15) is 5.76 Å². The number of thioether (sulfide) groups is 1. The van der Waals surface area contributed by atoms with Crippen molar-refractivity contribution in [3.63, 3.8) is 0 Å². The summed E-state index contributed by atoms with van der Waals surface area (Å²) in [6.07, 6.45) is 0.250. The Bertz CT molecular complexity index is 1610. The monoisotopic (exact) mass is 559 g/mol. The minimum Gasteiger partial charge on any atom is -0.360 e. The van der Waals surface area contributed by atoms with Crippen LogP contribution in [0.1, 0.15) is 12.2 Å². The summed E-state index contributed by atoms with van der Waals surface area (Å²) in [7, 11) is -3.83. The Balaban J connectivity index is 1.19. The fourth-order valence-corrected chi connectivity index (χ4v) is 5.63. The molecule has 0 saturated heterocycles. The van der Waals surface area contributed by atoms with Crippen molar-refractivity contribution in [3.05, 3.63) is 96.8 Å². The average molecular weight is 560 g/mol. The molecule has 0 saturated carbocycles. The number of sulfonamides is 1. The second-order valence-corrected chi connectivity index (χ2v) is 11.4. The van der Waals surface area contributed by atoms with Crippen LogP contribution in [0.2, 0.25) is 0 Å². The lowest BCUT2D eigenvalue weighted by atomic mass is 10.1. The second-order valence-electron chi connectivity index (χ2n) is 8.60. The number of aryl methyl sites for hydroxylation is 1. The van der Waals surface area contributed by atoms with Crippen LogP contribution in [0.25, 0.3) is 22.5 Å². The number of imidazole rings is 1. The number of carbonyl (C=O) groups is 1. The third kappa shape index (κ3) is 6.57. The Labute approximate surface area is 230 Å². The third-order valence-corrected chi connectivity index (χ3v) is 7.92. The van der Waals surface area contributed by atoms with Gasteiger partial charge in [0.2, 0.25) is 5.91 Å². The average Bonchev–Trinajstić information content (AvgIpc) is 3.55. The molecule has 3 aromatic carbocycles. The van der Waals surface area contributed by atoms with Crippen LogP contribution in [0.4, 0.5) is 11.5 Å². The molecule has 9 nitrogen and oxygen atoms in total. The minimum atomic E-state index is -3.83. The first kappa shape index (κ1) is 26.3. The Hall–Kier alpha value is -4.35. The highest BCUT2D eigenvalue weighted by molar-refractivity contribution is 7.99. The summed E-state index contributed by atoms with van der Waals surface area (Å²) in [5, 5.41) is 7.17. The lowest BCUT2D eigenvalue weighted by Gasteiger charge is -2.08. The van der Waals surface area contributed by atoms with E-state index < -0.39 is 10.0 Å². The molecule has 3 N–H and O–H groups in total. The van der Waals surface area contributed by atoms with Gasteiger partial charge in [-0.05, 0) is 31.2 Å². The van der Waals surface area contributed by atoms with E-state index in [1.165, 1.54) is 30.0 Å². The number of hydrogen-bond acceptors (Lipinski definition) is 7. The first-order valence-electron chi connectivity index (χ1n) is 12.1. The molecule has 0 spiro atoms. The van der Waals surface area contributed by atoms with Crippen molar-refractivity contribution in [2.75, 3.05) is 15.8 Å². The molecule has 2 heterocycles.